The maximum absolute atomic E-state index is 12.5. The Morgan fingerprint density at radius 3 is 2.64 bits per heavy atom. The van der Waals surface area contributed by atoms with Gasteiger partial charge < -0.3 is 19.0 Å². The third-order valence-corrected chi connectivity index (χ3v) is 3.67. The zero-order valence-corrected chi connectivity index (χ0v) is 12.7. The van der Waals surface area contributed by atoms with Gasteiger partial charge in [-0.2, -0.15) is 0 Å². The van der Waals surface area contributed by atoms with E-state index in [1.165, 1.54) is 0 Å². The van der Waals surface area contributed by atoms with Crippen LogP contribution in [0.5, 0.6) is 5.75 Å². The molecule has 0 atom stereocenters. The molecule has 7 heteroatoms. The van der Waals surface area contributed by atoms with Crippen molar-refractivity contribution in [3.63, 3.8) is 0 Å². The Hall–Kier alpha value is -2.57. The lowest BCUT2D eigenvalue weighted by molar-refractivity contribution is 0.0744. The van der Waals surface area contributed by atoms with Gasteiger partial charge in [0.25, 0.3) is 5.91 Å². The van der Waals surface area contributed by atoms with Crippen LogP contribution in [0.2, 0.25) is 0 Å². The topological polar surface area (TPSA) is 71.7 Å². The molecular formula is C15H18N4O3. The molecule has 1 amide bonds. The van der Waals surface area contributed by atoms with Crippen LogP contribution in [0.4, 0.5) is 6.01 Å². The summed E-state index contributed by atoms with van der Waals surface area (Å²) in [6, 6.07) is 7.73. The highest BCUT2D eigenvalue weighted by atomic mass is 16.5. The Morgan fingerprint density at radius 1 is 1.23 bits per heavy atom. The molecule has 1 aliphatic rings. The lowest BCUT2D eigenvalue weighted by Crippen LogP contribution is -2.48. The number of aromatic nitrogens is 2. The first-order valence-corrected chi connectivity index (χ1v) is 7.16. The Labute approximate surface area is 128 Å². The molecule has 0 saturated carbocycles. The van der Waals surface area contributed by atoms with Crippen LogP contribution in [-0.4, -0.2) is 54.3 Å². The minimum absolute atomic E-state index is 0.0141. The van der Waals surface area contributed by atoms with Crippen molar-refractivity contribution in [2.75, 3.05) is 38.2 Å². The first-order chi connectivity index (χ1) is 10.7. The number of methoxy groups -OCH3 is 1. The molecule has 0 spiro atoms. The van der Waals surface area contributed by atoms with Gasteiger partial charge in [-0.15, -0.1) is 5.10 Å². The molecule has 116 valence electrons. The second kappa shape index (κ2) is 6.05. The molecule has 0 aliphatic carbocycles. The second-order valence-electron chi connectivity index (χ2n) is 5.11. The number of anilines is 1. The van der Waals surface area contributed by atoms with E-state index in [4.69, 9.17) is 9.15 Å². The summed E-state index contributed by atoms with van der Waals surface area (Å²) in [7, 11) is 1.59. The highest BCUT2D eigenvalue weighted by Gasteiger charge is 2.24. The number of amides is 1. The number of hydrogen-bond donors (Lipinski definition) is 0. The van der Waals surface area contributed by atoms with Gasteiger partial charge in [0.05, 0.1) is 7.11 Å². The van der Waals surface area contributed by atoms with Gasteiger partial charge in [0.1, 0.15) is 5.75 Å². The summed E-state index contributed by atoms with van der Waals surface area (Å²) in [6.45, 7) is 4.36. The number of aryl methyl sites for hydroxylation is 1. The SMILES string of the molecule is COc1cccc(C(=O)N2CCN(c3nnc(C)o3)CC2)c1. The summed E-state index contributed by atoms with van der Waals surface area (Å²) >= 11 is 0. The number of carbonyl (C=O) groups is 1. The maximum atomic E-state index is 12.5. The van der Waals surface area contributed by atoms with E-state index in [-0.39, 0.29) is 5.91 Å². The molecule has 3 rings (SSSR count). The van der Waals surface area contributed by atoms with Crippen LogP contribution in [-0.2, 0) is 0 Å². The number of ether oxygens (including phenoxy) is 1. The van der Waals surface area contributed by atoms with Crippen molar-refractivity contribution in [3.05, 3.63) is 35.7 Å². The molecule has 7 nitrogen and oxygen atoms in total. The van der Waals surface area contributed by atoms with E-state index in [9.17, 15) is 4.79 Å². The molecule has 1 fully saturated rings. The summed E-state index contributed by atoms with van der Waals surface area (Å²) in [5, 5.41) is 7.84. The Bertz CT molecular complexity index is 662. The summed E-state index contributed by atoms with van der Waals surface area (Å²) < 4.78 is 10.6. The number of piperazine rings is 1. The molecule has 0 bridgehead atoms. The third kappa shape index (κ3) is 2.88. The first kappa shape index (κ1) is 14.4. The lowest BCUT2D eigenvalue weighted by atomic mass is 10.1. The fourth-order valence-electron chi connectivity index (χ4n) is 2.45. The fourth-order valence-corrected chi connectivity index (χ4v) is 2.45. The van der Waals surface area contributed by atoms with E-state index in [0.717, 1.165) is 0 Å². The molecule has 1 aromatic carbocycles. The van der Waals surface area contributed by atoms with Gasteiger partial charge in [-0.25, -0.2) is 0 Å². The van der Waals surface area contributed by atoms with Gasteiger partial charge in [-0.05, 0) is 18.2 Å². The van der Waals surface area contributed by atoms with Crippen molar-refractivity contribution in [2.24, 2.45) is 0 Å². The number of carbonyl (C=O) groups excluding carboxylic acids is 1. The van der Waals surface area contributed by atoms with Gasteiger partial charge in [-0.1, -0.05) is 11.2 Å². The molecule has 2 aromatic rings. The molecule has 0 N–H and O–H groups in total. The number of hydrogen-bond acceptors (Lipinski definition) is 6. The van der Waals surface area contributed by atoms with Crippen molar-refractivity contribution < 1.29 is 13.9 Å². The number of rotatable bonds is 3. The van der Waals surface area contributed by atoms with Crippen molar-refractivity contribution in [1.29, 1.82) is 0 Å². The van der Waals surface area contributed by atoms with Crippen molar-refractivity contribution in [2.45, 2.75) is 6.92 Å². The molecule has 1 aliphatic heterocycles. The average Bonchev–Trinajstić information content (AvgIpc) is 3.01. The molecular weight excluding hydrogens is 284 g/mol. The molecule has 0 radical (unpaired) electrons. The summed E-state index contributed by atoms with van der Waals surface area (Å²) in [5.41, 5.74) is 0.640. The van der Waals surface area contributed by atoms with Crippen molar-refractivity contribution in [1.82, 2.24) is 15.1 Å². The standard InChI is InChI=1S/C15H18N4O3/c1-11-16-17-15(22-11)19-8-6-18(7-9-19)14(20)12-4-3-5-13(10-12)21-2/h3-5,10H,6-9H2,1-2H3. The molecule has 0 unspecified atom stereocenters. The Kier molecular flexibility index (Phi) is 3.95. The van der Waals surface area contributed by atoms with E-state index in [2.05, 4.69) is 10.2 Å². The monoisotopic (exact) mass is 302 g/mol. The second-order valence-corrected chi connectivity index (χ2v) is 5.11. The predicted octanol–water partition coefficient (Wildman–Crippen LogP) is 1.35. The highest BCUT2D eigenvalue weighted by Crippen LogP contribution is 2.18. The minimum Gasteiger partial charge on any atom is -0.497 e. The van der Waals surface area contributed by atoms with Gasteiger partial charge in [-0.3, -0.25) is 4.79 Å². The molecule has 1 aromatic heterocycles. The lowest BCUT2D eigenvalue weighted by Gasteiger charge is -2.33. The van der Waals surface area contributed by atoms with Crippen LogP contribution in [0.15, 0.2) is 28.7 Å². The Balaban J connectivity index is 1.64. The summed E-state index contributed by atoms with van der Waals surface area (Å²) in [5.74, 6) is 1.25. The number of nitrogens with zero attached hydrogens (tertiary/aromatic N) is 4. The highest BCUT2D eigenvalue weighted by molar-refractivity contribution is 5.94. The van der Waals surface area contributed by atoms with Gasteiger partial charge >= 0.3 is 6.01 Å². The Morgan fingerprint density at radius 2 is 2.00 bits per heavy atom. The van der Waals surface area contributed by atoms with Crippen LogP contribution in [0.3, 0.4) is 0 Å². The van der Waals surface area contributed by atoms with Gasteiger partial charge in [0, 0.05) is 38.7 Å². The van der Waals surface area contributed by atoms with Crippen molar-refractivity contribution >= 4 is 11.9 Å². The van der Waals surface area contributed by atoms with Gasteiger partial charge in [0.15, 0.2) is 0 Å². The zero-order valence-electron chi connectivity index (χ0n) is 12.7. The molecule has 22 heavy (non-hydrogen) atoms. The fraction of sp³-hybridized carbons (Fsp3) is 0.400. The predicted molar refractivity (Wildman–Crippen MR) is 80.1 cm³/mol. The van der Waals surface area contributed by atoms with Crippen LogP contribution in [0.25, 0.3) is 0 Å². The van der Waals surface area contributed by atoms with E-state index < -0.39 is 0 Å². The first-order valence-electron chi connectivity index (χ1n) is 7.16. The van der Waals surface area contributed by atoms with Crippen LogP contribution < -0.4 is 9.64 Å². The van der Waals surface area contributed by atoms with Crippen LogP contribution in [0, 0.1) is 6.92 Å². The van der Waals surface area contributed by atoms with Gasteiger partial charge in [0.2, 0.25) is 5.89 Å². The minimum atomic E-state index is 0.0141. The van der Waals surface area contributed by atoms with E-state index in [0.29, 0.717) is 49.4 Å². The smallest absolute Gasteiger partial charge is 0.318 e. The summed E-state index contributed by atoms with van der Waals surface area (Å²) in [6.07, 6.45) is 0. The van der Waals surface area contributed by atoms with Crippen molar-refractivity contribution in [3.8, 4) is 5.75 Å². The summed E-state index contributed by atoms with van der Waals surface area (Å²) in [4.78, 5) is 16.3. The average molecular weight is 302 g/mol. The van der Waals surface area contributed by atoms with E-state index in [1.807, 2.05) is 21.9 Å². The third-order valence-electron chi connectivity index (χ3n) is 3.67. The molecule has 1 saturated heterocycles. The maximum Gasteiger partial charge on any atom is 0.318 e. The van der Waals surface area contributed by atoms with Crippen LogP contribution in [0.1, 0.15) is 16.2 Å². The number of benzene rings is 1. The largest absolute Gasteiger partial charge is 0.497 e. The van der Waals surface area contributed by atoms with Crippen LogP contribution >= 0.6 is 0 Å². The van der Waals surface area contributed by atoms with E-state index in [1.54, 1.807) is 26.2 Å². The van der Waals surface area contributed by atoms with E-state index >= 15 is 0 Å². The quantitative estimate of drug-likeness (QED) is 0.852. The molecule has 2 heterocycles. The normalized spacial score (nSPS) is 15.0. The zero-order chi connectivity index (χ0) is 15.5.